The smallest absolute Gasteiger partial charge is 0.310 e. The molecule has 2 nitrogen and oxygen atoms in total. The molecule has 0 aromatic heterocycles. The van der Waals surface area contributed by atoms with Crippen LogP contribution in [0.4, 0.5) is 0 Å². The molecule has 0 bridgehead atoms. The van der Waals surface area contributed by atoms with Crippen LogP contribution in [0.15, 0.2) is 12.7 Å². The topological polar surface area (TPSA) is 26.3 Å². The van der Waals surface area contributed by atoms with E-state index in [9.17, 15) is 4.79 Å². The zero-order valence-electron chi connectivity index (χ0n) is 8.79. The maximum Gasteiger partial charge on any atom is 0.310 e. The molecule has 0 amide bonds. The van der Waals surface area contributed by atoms with Crippen molar-refractivity contribution in [3.63, 3.8) is 0 Å². The fraction of sp³-hybridized carbons (Fsp3) is 0.750. The molecule has 0 N–H and O–H groups in total. The summed E-state index contributed by atoms with van der Waals surface area (Å²) in [6.07, 6.45) is 6.80. The normalized spacial score (nSPS) is 39.8. The molecule has 3 unspecified atom stereocenters. The van der Waals surface area contributed by atoms with Crippen molar-refractivity contribution in [2.24, 2.45) is 17.3 Å². The highest BCUT2D eigenvalue weighted by molar-refractivity contribution is 5.78. The van der Waals surface area contributed by atoms with Crippen molar-refractivity contribution in [3.05, 3.63) is 12.7 Å². The molecule has 0 spiro atoms. The minimum atomic E-state index is -0.000648. The molecule has 3 atom stereocenters. The Labute approximate surface area is 85.3 Å². The third-order valence-electron chi connectivity index (χ3n) is 3.86. The molecule has 0 aliphatic heterocycles. The average molecular weight is 194 g/mol. The lowest BCUT2D eigenvalue weighted by Gasteiger charge is -2.16. The van der Waals surface area contributed by atoms with Gasteiger partial charge in [-0.25, -0.2) is 0 Å². The lowest BCUT2D eigenvalue weighted by molar-refractivity contribution is -0.145. The first-order chi connectivity index (χ1) is 6.76. The molecule has 2 fully saturated rings. The van der Waals surface area contributed by atoms with Gasteiger partial charge in [0.15, 0.2) is 0 Å². The van der Waals surface area contributed by atoms with Crippen molar-refractivity contribution < 1.29 is 9.53 Å². The fourth-order valence-corrected chi connectivity index (χ4v) is 3.11. The van der Waals surface area contributed by atoms with E-state index in [1.807, 2.05) is 13.0 Å². The molecule has 2 heteroatoms. The predicted octanol–water partition coefficient (Wildman–Crippen LogP) is 2.54. The Morgan fingerprint density at radius 3 is 3.00 bits per heavy atom. The molecule has 78 valence electrons. The van der Waals surface area contributed by atoms with Gasteiger partial charge in [-0.05, 0) is 25.7 Å². The van der Waals surface area contributed by atoms with Crippen molar-refractivity contribution in [1.82, 2.24) is 0 Å². The molecular weight excluding hydrogens is 176 g/mol. The zero-order chi connectivity index (χ0) is 10.2. The standard InChI is InChI=1S/C12H18O2/c1-3-12-8-6-5-7-9(12)10(12)11(13)14-4-2/h3,9-10H,1,4-8H2,2H3. The highest BCUT2D eigenvalue weighted by atomic mass is 16.5. The van der Waals surface area contributed by atoms with Gasteiger partial charge in [0, 0.05) is 5.41 Å². The molecule has 0 aromatic rings. The Bertz CT molecular complexity index is 259. The van der Waals surface area contributed by atoms with Crippen LogP contribution in [0.1, 0.15) is 32.6 Å². The van der Waals surface area contributed by atoms with Gasteiger partial charge in [-0.3, -0.25) is 4.79 Å². The van der Waals surface area contributed by atoms with Gasteiger partial charge in [0.25, 0.3) is 0 Å². The van der Waals surface area contributed by atoms with E-state index in [4.69, 9.17) is 4.74 Å². The van der Waals surface area contributed by atoms with Gasteiger partial charge in [-0.1, -0.05) is 18.9 Å². The van der Waals surface area contributed by atoms with Crippen molar-refractivity contribution >= 4 is 5.97 Å². The van der Waals surface area contributed by atoms with E-state index in [0.29, 0.717) is 12.5 Å². The van der Waals surface area contributed by atoms with Gasteiger partial charge >= 0.3 is 5.97 Å². The van der Waals surface area contributed by atoms with Gasteiger partial charge in [0.05, 0.1) is 12.5 Å². The molecular formula is C12H18O2. The summed E-state index contributed by atoms with van der Waals surface area (Å²) < 4.78 is 5.10. The number of esters is 1. The van der Waals surface area contributed by atoms with Crippen LogP contribution < -0.4 is 0 Å². The molecule has 2 saturated carbocycles. The molecule has 2 aliphatic rings. The number of fused-ring (bicyclic) bond motifs is 1. The largest absolute Gasteiger partial charge is 0.466 e. The molecule has 14 heavy (non-hydrogen) atoms. The van der Waals surface area contributed by atoms with Crippen LogP contribution in [0.25, 0.3) is 0 Å². The second kappa shape index (κ2) is 3.41. The van der Waals surface area contributed by atoms with Crippen LogP contribution in [0.3, 0.4) is 0 Å². The van der Waals surface area contributed by atoms with Crippen LogP contribution in [-0.2, 0) is 9.53 Å². The summed E-state index contributed by atoms with van der Waals surface area (Å²) in [6, 6.07) is 0. The summed E-state index contributed by atoms with van der Waals surface area (Å²) in [5, 5.41) is 0. The number of ether oxygens (including phenoxy) is 1. The third kappa shape index (κ3) is 1.20. The highest BCUT2D eigenvalue weighted by Crippen LogP contribution is 2.67. The number of allylic oxidation sites excluding steroid dienone is 1. The Morgan fingerprint density at radius 1 is 1.64 bits per heavy atom. The summed E-state index contributed by atoms with van der Waals surface area (Å²) in [5.74, 6) is 0.662. The van der Waals surface area contributed by atoms with E-state index in [0.717, 1.165) is 6.42 Å². The molecule has 0 radical (unpaired) electrons. The van der Waals surface area contributed by atoms with E-state index in [1.165, 1.54) is 19.3 Å². The maximum atomic E-state index is 11.7. The molecule has 2 rings (SSSR count). The average Bonchev–Trinajstić information content (AvgIpc) is 2.87. The number of carbonyl (C=O) groups is 1. The van der Waals surface area contributed by atoms with Gasteiger partial charge in [0.2, 0.25) is 0 Å². The van der Waals surface area contributed by atoms with E-state index >= 15 is 0 Å². The summed E-state index contributed by atoms with van der Waals surface area (Å²) in [7, 11) is 0. The van der Waals surface area contributed by atoms with Gasteiger partial charge < -0.3 is 4.74 Å². The van der Waals surface area contributed by atoms with Crippen molar-refractivity contribution in [1.29, 1.82) is 0 Å². The molecule has 0 aromatic carbocycles. The zero-order valence-corrected chi connectivity index (χ0v) is 8.79. The minimum Gasteiger partial charge on any atom is -0.466 e. The quantitative estimate of drug-likeness (QED) is 0.510. The predicted molar refractivity (Wildman–Crippen MR) is 54.7 cm³/mol. The molecule has 2 aliphatic carbocycles. The highest BCUT2D eigenvalue weighted by Gasteiger charge is 2.66. The summed E-state index contributed by atoms with van der Waals surface area (Å²) >= 11 is 0. The van der Waals surface area contributed by atoms with E-state index in [2.05, 4.69) is 6.58 Å². The van der Waals surface area contributed by atoms with Gasteiger partial charge in [-0.15, -0.1) is 6.58 Å². The Kier molecular flexibility index (Phi) is 2.38. The van der Waals surface area contributed by atoms with Crippen LogP contribution in [-0.4, -0.2) is 12.6 Å². The summed E-state index contributed by atoms with van der Waals surface area (Å²) in [4.78, 5) is 11.7. The fourth-order valence-electron chi connectivity index (χ4n) is 3.11. The lowest BCUT2D eigenvalue weighted by Crippen LogP contribution is -2.12. The maximum absolute atomic E-state index is 11.7. The Hall–Kier alpha value is -0.790. The summed E-state index contributed by atoms with van der Waals surface area (Å²) in [6.45, 7) is 6.24. The van der Waals surface area contributed by atoms with E-state index in [-0.39, 0.29) is 17.3 Å². The van der Waals surface area contributed by atoms with E-state index in [1.54, 1.807) is 0 Å². The van der Waals surface area contributed by atoms with Crippen LogP contribution in [0.2, 0.25) is 0 Å². The van der Waals surface area contributed by atoms with Crippen LogP contribution >= 0.6 is 0 Å². The van der Waals surface area contributed by atoms with Crippen molar-refractivity contribution in [2.45, 2.75) is 32.6 Å². The minimum absolute atomic E-state index is 0.000648. The van der Waals surface area contributed by atoms with Crippen LogP contribution in [0.5, 0.6) is 0 Å². The molecule has 0 heterocycles. The Balaban J connectivity index is 2.08. The Morgan fingerprint density at radius 2 is 2.43 bits per heavy atom. The third-order valence-corrected chi connectivity index (χ3v) is 3.86. The molecule has 0 saturated heterocycles. The van der Waals surface area contributed by atoms with E-state index < -0.39 is 0 Å². The first-order valence-corrected chi connectivity index (χ1v) is 5.56. The van der Waals surface area contributed by atoms with Crippen molar-refractivity contribution in [3.8, 4) is 0 Å². The second-order valence-corrected chi connectivity index (χ2v) is 4.40. The summed E-state index contributed by atoms with van der Waals surface area (Å²) in [5.41, 5.74) is 0.116. The number of hydrogen-bond acceptors (Lipinski definition) is 2. The van der Waals surface area contributed by atoms with Gasteiger partial charge in [0.1, 0.15) is 0 Å². The van der Waals surface area contributed by atoms with Gasteiger partial charge in [-0.2, -0.15) is 0 Å². The van der Waals surface area contributed by atoms with Crippen molar-refractivity contribution in [2.75, 3.05) is 6.61 Å². The number of carbonyl (C=O) groups excluding carboxylic acids is 1. The number of rotatable bonds is 3. The first-order valence-electron chi connectivity index (χ1n) is 5.56. The second-order valence-electron chi connectivity index (χ2n) is 4.40. The SMILES string of the molecule is C=CC12CCCCC1C2C(=O)OCC. The lowest BCUT2D eigenvalue weighted by atomic mass is 9.88. The van der Waals surface area contributed by atoms with Crippen LogP contribution in [0, 0.1) is 17.3 Å². The number of hydrogen-bond donors (Lipinski definition) is 0. The first kappa shape index (κ1) is 9.75. The monoisotopic (exact) mass is 194 g/mol.